The molecule has 0 bridgehead atoms. The van der Waals surface area contributed by atoms with Gasteiger partial charge in [0, 0.05) is 6.20 Å². The van der Waals surface area contributed by atoms with Crippen LogP contribution in [0.2, 0.25) is 5.15 Å². The van der Waals surface area contributed by atoms with Crippen LogP contribution in [-0.4, -0.2) is 27.9 Å². The molecule has 0 spiro atoms. The van der Waals surface area contributed by atoms with Crippen LogP contribution in [0.3, 0.4) is 0 Å². The predicted molar refractivity (Wildman–Crippen MR) is 82.1 cm³/mol. The van der Waals surface area contributed by atoms with Gasteiger partial charge in [-0.2, -0.15) is 0 Å². The second kappa shape index (κ2) is 5.47. The molecule has 0 aliphatic carbocycles. The van der Waals surface area contributed by atoms with Crippen LogP contribution in [0, 0.1) is 5.82 Å². The molecule has 0 aliphatic rings. The molecule has 3 N–H and O–H groups in total. The predicted octanol–water partition coefficient (Wildman–Crippen LogP) is -0.0911. The molecule has 3 heterocycles. The first-order chi connectivity index (χ1) is 11.2. The largest absolute Gasteiger partial charge is 0.334 e. The zero-order valence-corrected chi connectivity index (χ0v) is 13.1. The summed E-state index contributed by atoms with van der Waals surface area (Å²) in [6, 6.07) is 1.87. The number of hydrogen-bond acceptors (Lipinski definition) is 6. The summed E-state index contributed by atoms with van der Waals surface area (Å²) in [4.78, 5) is 33.0. The third-order valence-electron chi connectivity index (χ3n) is 3.08. The lowest BCUT2D eigenvalue weighted by Gasteiger charge is -2.09. The van der Waals surface area contributed by atoms with Crippen LogP contribution in [-0.2, 0) is 10.0 Å². The SMILES string of the molecule is NS(=O)(=O)c1cncc(-n2c(=O)[nH]c(=O)c3cc(F)c(Cl)nc32)c1. The van der Waals surface area contributed by atoms with Crippen LogP contribution in [0.25, 0.3) is 16.7 Å². The first kappa shape index (κ1) is 16.2. The molecule has 12 heteroatoms. The fourth-order valence-corrected chi connectivity index (χ4v) is 2.66. The number of nitrogens with zero attached hydrogens (tertiary/aromatic N) is 3. The van der Waals surface area contributed by atoms with Gasteiger partial charge in [0.15, 0.2) is 16.6 Å². The Labute approximate surface area is 137 Å². The van der Waals surface area contributed by atoms with E-state index in [0.717, 1.165) is 29.1 Å². The Morgan fingerprint density at radius 1 is 1.25 bits per heavy atom. The van der Waals surface area contributed by atoms with E-state index >= 15 is 0 Å². The number of fused-ring (bicyclic) bond motifs is 1. The molecule has 0 aliphatic heterocycles. The zero-order valence-electron chi connectivity index (χ0n) is 11.5. The summed E-state index contributed by atoms with van der Waals surface area (Å²) >= 11 is 5.61. The first-order valence-electron chi connectivity index (χ1n) is 6.18. The monoisotopic (exact) mass is 371 g/mol. The lowest BCUT2D eigenvalue weighted by atomic mass is 10.3. The molecule has 0 saturated carbocycles. The van der Waals surface area contributed by atoms with Crippen molar-refractivity contribution in [3.05, 3.63) is 56.3 Å². The maximum Gasteiger partial charge on any atom is 0.334 e. The van der Waals surface area contributed by atoms with Gasteiger partial charge >= 0.3 is 5.69 Å². The lowest BCUT2D eigenvalue weighted by Crippen LogP contribution is -2.30. The van der Waals surface area contributed by atoms with E-state index in [0.29, 0.717) is 0 Å². The van der Waals surface area contributed by atoms with Crippen LogP contribution >= 0.6 is 11.6 Å². The normalized spacial score (nSPS) is 11.8. The number of sulfonamides is 1. The third kappa shape index (κ3) is 2.68. The maximum atomic E-state index is 13.5. The van der Waals surface area contributed by atoms with Crippen LogP contribution in [0.4, 0.5) is 4.39 Å². The van der Waals surface area contributed by atoms with Gasteiger partial charge in [-0.05, 0) is 12.1 Å². The molecule has 9 nitrogen and oxygen atoms in total. The number of H-pyrrole nitrogens is 1. The van der Waals surface area contributed by atoms with Crippen molar-refractivity contribution in [2.24, 2.45) is 5.14 Å². The highest BCUT2D eigenvalue weighted by molar-refractivity contribution is 7.89. The number of hydrogen-bond donors (Lipinski definition) is 2. The quantitative estimate of drug-likeness (QED) is 0.603. The van der Waals surface area contributed by atoms with Gasteiger partial charge in [-0.1, -0.05) is 11.6 Å². The van der Waals surface area contributed by atoms with Gasteiger partial charge in [-0.25, -0.2) is 32.3 Å². The van der Waals surface area contributed by atoms with E-state index in [4.69, 9.17) is 16.7 Å². The fourth-order valence-electron chi connectivity index (χ4n) is 2.04. The van der Waals surface area contributed by atoms with Crippen LogP contribution in [0.5, 0.6) is 0 Å². The zero-order chi connectivity index (χ0) is 17.6. The van der Waals surface area contributed by atoms with Crippen LogP contribution < -0.4 is 16.4 Å². The van der Waals surface area contributed by atoms with Crippen molar-refractivity contribution in [1.29, 1.82) is 0 Å². The van der Waals surface area contributed by atoms with E-state index in [9.17, 15) is 22.4 Å². The smallest absolute Gasteiger partial charge is 0.273 e. The molecule has 24 heavy (non-hydrogen) atoms. The fraction of sp³-hybridized carbons (Fsp3) is 0. The van der Waals surface area contributed by atoms with E-state index in [1.165, 1.54) is 0 Å². The van der Waals surface area contributed by atoms with Gasteiger partial charge in [-0.15, -0.1) is 0 Å². The summed E-state index contributed by atoms with van der Waals surface area (Å²) < 4.78 is 37.2. The molecule has 3 rings (SSSR count). The molecular formula is C12H7ClFN5O4S. The van der Waals surface area contributed by atoms with E-state index in [-0.39, 0.29) is 21.6 Å². The maximum absolute atomic E-state index is 13.5. The van der Waals surface area contributed by atoms with Gasteiger partial charge in [0.1, 0.15) is 4.90 Å². The number of nitrogens with one attached hydrogen (secondary N) is 1. The number of halogens is 2. The summed E-state index contributed by atoms with van der Waals surface area (Å²) in [6.45, 7) is 0. The molecule has 0 aromatic carbocycles. The Bertz CT molecular complexity index is 1200. The van der Waals surface area contributed by atoms with Crippen molar-refractivity contribution in [2.45, 2.75) is 4.90 Å². The van der Waals surface area contributed by atoms with Crippen LogP contribution in [0.1, 0.15) is 0 Å². The molecule has 0 fully saturated rings. The topological polar surface area (TPSA) is 141 Å². The Morgan fingerprint density at radius 3 is 2.62 bits per heavy atom. The van der Waals surface area contributed by atoms with E-state index < -0.39 is 32.2 Å². The highest BCUT2D eigenvalue weighted by Crippen LogP contribution is 2.18. The minimum Gasteiger partial charge on any atom is -0.273 e. The highest BCUT2D eigenvalue weighted by Gasteiger charge is 2.16. The Hall–Kier alpha value is -2.63. The number of rotatable bonds is 2. The minimum absolute atomic E-state index is 0.0528. The molecule has 3 aromatic rings. The molecule has 3 aromatic heterocycles. The van der Waals surface area contributed by atoms with Crippen molar-refractivity contribution in [1.82, 2.24) is 19.5 Å². The molecular weight excluding hydrogens is 365 g/mol. The van der Waals surface area contributed by atoms with Crippen molar-refractivity contribution in [3.8, 4) is 5.69 Å². The Morgan fingerprint density at radius 2 is 1.96 bits per heavy atom. The number of aromatic amines is 1. The second-order valence-electron chi connectivity index (χ2n) is 4.65. The van der Waals surface area contributed by atoms with Gasteiger partial charge in [0.2, 0.25) is 10.0 Å². The second-order valence-corrected chi connectivity index (χ2v) is 6.57. The van der Waals surface area contributed by atoms with Crippen molar-refractivity contribution in [3.63, 3.8) is 0 Å². The van der Waals surface area contributed by atoms with Crippen molar-refractivity contribution >= 4 is 32.7 Å². The average Bonchev–Trinajstić information content (AvgIpc) is 2.49. The number of aromatic nitrogens is 4. The molecule has 0 atom stereocenters. The van der Waals surface area contributed by atoms with E-state index in [2.05, 4.69) is 9.97 Å². The average molecular weight is 372 g/mol. The molecule has 124 valence electrons. The first-order valence-corrected chi connectivity index (χ1v) is 8.10. The summed E-state index contributed by atoms with van der Waals surface area (Å²) in [6.07, 6.45) is 2.13. The standard InChI is InChI=1S/C12H7ClFN5O4S/c13-9-8(14)2-7-10(17-9)19(12(21)18-11(7)20)5-1-6(4-16-3-5)24(15,22)23/h1-4H,(H2,15,22,23)(H,18,20,21). The van der Waals surface area contributed by atoms with E-state index in [1.807, 2.05) is 4.98 Å². The Kier molecular flexibility index (Phi) is 3.70. The number of nitrogens with two attached hydrogens (primary N) is 1. The van der Waals surface area contributed by atoms with Gasteiger partial charge in [-0.3, -0.25) is 14.8 Å². The van der Waals surface area contributed by atoms with Crippen LogP contribution in [0.15, 0.2) is 39.0 Å². The lowest BCUT2D eigenvalue weighted by molar-refractivity contribution is 0.597. The van der Waals surface area contributed by atoms with Gasteiger partial charge < -0.3 is 0 Å². The molecule has 0 amide bonds. The minimum atomic E-state index is -4.08. The number of primary sulfonamides is 1. The molecule has 0 saturated heterocycles. The summed E-state index contributed by atoms with van der Waals surface area (Å²) in [5.41, 5.74) is -2.12. The molecule has 0 radical (unpaired) electrons. The summed E-state index contributed by atoms with van der Waals surface area (Å²) in [7, 11) is -4.08. The third-order valence-corrected chi connectivity index (χ3v) is 4.22. The highest BCUT2D eigenvalue weighted by atomic mass is 35.5. The van der Waals surface area contributed by atoms with E-state index in [1.54, 1.807) is 0 Å². The summed E-state index contributed by atoms with van der Waals surface area (Å²) in [5.74, 6) is -0.948. The molecule has 0 unspecified atom stereocenters. The van der Waals surface area contributed by atoms with Gasteiger partial charge in [0.25, 0.3) is 5.56 Å². The summed E-state index contributed by atoms with van der Waals surface area (Å²) in [5, 5.41) is 4.21. The van der Waals surface area contributed by atoms with Crippen molar-refractivity contribution < 1.29 is 12.8 Å². The van der Waals surface area contributed by atoms with Crippen molar-refractivity contribution in [2.75, 3.05) is 0 Å². The Balaban J connectivity index is 2.45. The van der Waals surface area contributed by atoms with Gasteiger partial charge in [0.05, 0.1) is 17.3 Å². The number of pyridine rings is 2.